The van der Waals surface area contributed by atoms with Crippen LogP contribution < -0.4 is 5.32 Å². The van der Waals surface area contributed by atoms with Gasteiger partial charge in [0.15, 0.2) is 0 Å². The van der Waals surface area contributed by atoms with Crippen LogP contribution in [0.25, 0.3) is 22.2 Å². The lowest BCUT2D eigenvalue weighted by Gasteiger charge is -2.17. The van der Waals surface area contributed by atoms with Gasteiger partial charge in [-0.15, -0.1) is 0 Å². The summed E-state index contributed by atoms with van der Waals surface area (Å²) >= 11 is 6.27. The summed E-state index contributed by atoms with van der Waals surface area (Å²) in [5, 5.41) is 4.52. The van der Waals surface area contributed by atoms with E-state index in [1.807, 2.05) is 45.9 Å². The number of hydrogen-bond donors (Lipinski definition) is 1. The second kappa shape index (κ2) is 8.16. The molecule has 1 heterocycles. The molecule has 4 heteroatoms. The summed E-state index contributed by atoms with van der Waals surface area (Å²) in [7, 11) is 0. The van der Waals surface area contributed by atoms with Crippen LogP contribution in [0.15, 0.2) is 54.6 Å². The number of halogens is 1. The van der Waals surface area contributed by atoms with Crippen LogP contribution in [0.4, 0.5) is 5.69 Å². The number of nitrogens with one attached hydrogen (secondary N) is 1. The van der Waals surface area contributed by atoms with Crippen LogP contribution >= 0.6 is 11.6 Å². The zero-order valence-electron chi connectivity index (χ0n) is 18.4. The van der Waals surface area contributed by atoms with Crippen molar-refractivity contribution in [3.8, 4) is 11.3 Å². The first-order chi connectivity index (χ1) is 14.7. The standard InChI is InChI=1S/C27H25ClN2O/c1-15-6-9-20(10-7-15)26-19(5)24(22-13-16(2)12-18(4)25(22)30-26)27(31)29-21-11-8-17(3)23(28)14-21/h6-14H,1-5H3,(H,29,31). The summed E-state index contributed by atoms with van der Waals surface area (Å²) in [6.07, 6.45) is 0. The van der Waals surface area contributed by atoms with Crippen molar-refractivity contribution < 1.29 is 4.79 Å². The quantitative estimate of drug-likeness (QED) is 0.370. The lowest BCUT2D eigenvalue weighted by atomic mass is 9.94. The average Bonchev–Trinajstić information content (AvgIpc) is 2.71. The van der Waals surface area contributed by atoms with Crippen molar-refractivity contribution in [2.75, 3.05) is 5.32 Å². The molecule has 0 radical (unpaired) electrons. The van der Waals surface area contributed by atoms with E-state index >= 15 is 0 Å². The van der Waals surface area contributed by atoms with E-state index < -0.39 is 0 Å². The third kappa shape index (κ3) is 4.06. The van der Waals surface area contributed by atoms with E-state index in [2.05, 4.69) is 42.6 Å². The predicted octanol–water partition coefficient (Wildman–Crippen LogP) is 7.35. The number of carbonyl (C=O) groups excluding carboxylic acids is 1. The number of benzene rings is 3. The highest BCUT2D eigenvalue weighted by molar-refractivity contribution is 6.31. The molecule has 4 rings (SSSR count). The number of pyridine rings is 1. The number of amides is 1. The van der Waals surface area contributed by atoms with Gasteiger partial charge in [0, 0.05) is 21.7 Å². The third-order valence-corrected chi connectivity index (χ3v) is 6.06. The van der Waals surface area contributed by atoms with Crippen LogP contribution in [0.2, 0.25) is 5.02 Å². The Balaban J connectivity index is 1.93. The summed E-state index contributed by atoms with van der Waals surface area (Å²) in [5.74, 6) is -0.164. The number of anilines is 1. The summed E-state index contributed by atoms with van der Waals surface area (Å²) in [6, 6.07) is 17.9. The Morgan fingerprint density at radius 2 is 1.55 bits per heavy atom. The molecule has 0 aliphatic rings. The third-order valence-electron chi connectivity index (χ3n) is 5.65. The highest BCUT2D eigenvalue weighted by Crippen LogP contribution is 2.33. The number of aryl methyl sites for hydroxylation is 4. The molecule has 3 aromatic carbocycles. The van der Waals surface area contributed by atoms with E-state index in [9.17, 15) is 4.79 Å². The van der Waals surface area contributed by atoms with E-state index in [0.29, 0.717) is 16.3 Å². The monoisotopic (exact) mass is 428 g/mol. The summed E-state index contributed by atoms with van der Waals surface area (Å²) in [5.41, 5.74) is 9.15. The van der Waals surface area contributed by atoms with E-state index in [0.717, 1.165) is 44.4 Å². The minimum absolute atomic E-state index is 0.164. The van der Waals surface area contributed by atoms with Crippen LogP contribution in [-0.4, -0.2) is 10.9 Å². The van der Waals surface area contributed by atoms with Crippen LogP contribution in [0.1, 0.15) is 38.2 Å². The summed E-state index contributed by atoms with van der Waals surface area (Å²) in [6.45, 7) is 10.0. The van der Waals surface area contributed by atoms with E-state index in [1.165, 1.54) is 5.56 Å². The Hall–Kier alpha value is -3.17. The Morgan fingerprint density at radius 3 is 2.23 bits per heavy atom. The number of carbonyl (C=O) groups is 1. The zero-order chi connectivity index (χ0) is 22.3. The molecule has 1 amide bonds. The first-order valence-corrected chi connectivity index (χ1v) is 10.7. The van der Waals surface area contributed by atoms with Gasteiger partial charge in [0.2, 0.25) is 0 Å². The smallest absolute Gasteiger partial charge is 0.256 e. The molecule has 0 bridgehead atoms. The Labute approximate surface area is 188 Å². The molecular weight excluding hydrogens is 404 g/mol. The minimum atomic E-state index is -0.164. The number of rotatable bonds is 3. The highest BCUT2D eigenvalue weighted by Gasteiger charge is 2.20. The molecule has 4 aromatic rings. The van der Waals surface area contributed by atoms with Crippen molar-refractivity contribution in [3.63, 3.8) is 0 Å². The molecule has 0 saturated carbocycles. The van der Waals surface area contributed by atoms with Crippen molar-refractivity contribution in [2.24, 2.45) is 0 Å². The molecule has 0 aliphatic carbocycles. The molecule has 1 N–H and O–H groups in total. The van der Waals surface area contributed by atoms with E-state index in [4.69, 9.17) is 16.6 Å². The van der Waals surface area contributed by atoms with Gasteiger partial charge in [-0.2, -0.15) is 0 Å². The molecule has 0 saturated heterocycles. The van der Waals surface area contributed by atoms with Gasteiger partial charge < -0.3 is 5.32 Å². The molecule has 0 fully saturated rings. The molecule has 3 nitrogen and oxygen atoms in total. The van der Waals surface area contributed by atoms with Gasteiger partial charge >= 0.3 is 0 Å². The second-order valence-electron chi connectivity index (χ2n) is 8.22. The second-order valence-corrected chi connectivity index (χ2v) is 8.63. The molecule has 0 spiro atoms. The summed E-state index contributed by atoms with van der Waals surface area (Å²) < 4.78 is 0. The maximum absolute atomic E-state index is 13.5. The number of hydrogen-bond acceptors (Lipinski definition) is 2. The molecular formula is C27H25ClN2O. The zero-order valence-corrected chi connectivity index (χ0v) is 19.2. The fourth-order valence-electron chi connectivity index (χ4n) is 3.96. The van der Waals surface area contributed by atoms with Gasteiger partial charge in [-0.3, -0.25) is 4.79 Å². The molecule has 1 aromatic heterocycles. The first-order valence-electron chi connectivity index (χ1n) is 10.3. The number of aromatic nitrogens is 1. The normalized spacial score (nSPS) is 11.0. The topological polar surface area (TPSA) is 42.0 Å². The Bertz CT molecular complexity index is 1320. The van der Waals surface area contributed by atoms with Crippen LogP contribution in [0.3, 0.4) is 0 Å². The van der Waals surface area contributed by atoms with E-state index in [1.54, 1.807) is 6.07 Å². The Morgan fingerprint density at radius 1 is 0.839 bits per heavy atom. The van der Waals surface area contributed by atoms with Gasteiger partial charge in [0.25, 0.3) is 5.91 Å². The highest BCUT2D eigenvalue weighted by atomic mass is 35.5. The van der Waals surface area contributed by atoms with Gasteiger partial charge in [0.1, 0.15) is 0 Å². The molecule has 0 atom stereocenters. The van der Waals surface area contributed by atoms with Crippen LogP contribution in [0.5, 0.6) is 0 Å². The van der Waals surface area contributed by atoms with Crippen LogP contribution in [0, 0.1) is 34.6 Å². The minimum Gasteiger partial charge on any atom is -0.322 e. The predicted molar refractivity (Wildman–Crippen MR) is 130 cm³/mol. The van der Waals surface area contributed by atoms with Crippen molar-refractivity contribution in [3.05, 3.63) is 93.0 Å². The molecule has 156 valence electrons. The molecule has 0 aliphatic heterocycles. The van der Waals surface area contributed by atoms with Gasteiger partial charge in [0.05, 0.1) is 16.8 Å². The lowest BCUT2D eigenvalue weighted by molar-refractivity contribution is 0.102. The van der Waals surface area contributed by atoms with Crippen molar-refractivity contribution in [1.29, 1.82) is 0 Å². The van der Waals surface area contributed by atoms with Crippen molar-refractivity contribution >= 4 is 34.1 Å². The van der Waals surface area contributed by atoms with Crippen LogP contribution in [-0.2, 0) is 0 Å². The molecule has 0 unspecified atom stereocenters. The van der Waals surface area contributed by atoms with Crippen molar-refractivity contribution in [1.82, 2.24) is 4.98 Å². The van der Waals surface area contributed by atoms with Crippen molar-refractivity contribution in [2.45, 2.75) is 34.6 Å². The molecule has 31 heavy (non-hydrogen) atoms. The SMILES string of the molecule is Cc1ccc(-c2nc3c(C)cc(C)cc3c(C(=O)Nc3ccc(C)c(Cl)c3)c2C)cc1. The first kappa shape index (κ1) is 21.1. The maximum atomic E-state index is 13.5. The maximum Gasteiger partial charge on any atom is 0.256 e. The van der Waals surface area contributed by atoms with Gasteiger partial charge in [-0.1, -0.05) is 59.1 Å². The fraction of sp³-hybridized carbons (Fsp3) is 0.185. The van der Waals surface area contributed by atoms with E-state index in [-0.39, 0.29) is 5.91 Å². The largest absolute Gasteiger partial charge is 0.322 e. The fourth-order valence-corrected chi connectivity index (χ4v) is 4.14. The summed E-state index contributed by atoms with van der Waals surface area (Å²) in [4.78, 5) is 18.5. The van der Waals surface area contributed by atoms with Gasteiger partial charge in [-0.25, -0.2) is 4.98 Å². The Kier molecular flexibility index (Phi) is 5.55. The average molecular weight is 429 g/mol. The lowest BCUT2D eigenvalue weighted by Crippen LogP contribution is -2.15. The van der Waals surface area contributed by atoms with Gasteiger partial charge in [-0.05, 0) is 69.5 Å². The number of nitrogens with zero attached hydrogens (tertiary/aromatic N) is 1. The number of fused-ring (bicyclic) bond motifs is 1.